The maximum atomic E-state index is 11.2. The van der Waals surface area contributed by atoms with Gasteiger partial charge in [-0.25, -0.2) is 0 Å². The molecule has 0 atom stereocenters. The summed E-state index contributed by atoms with van der Waals surface area (Å²) in [5, 5.41) is 26.4. The second kappa shape index (κ2) is 6.40. The van der Waals surface area contributed by atoms with E-state index in [1.807, 2.05) is 50.3 Å². The Labute approximate surface area is 149 Å². The number of nitro groups is 2. The third kappa shape index (κ3) is 3.04. The van der Waals surface area contributed by atoms with Gasteiger partial charge in [-0.2, -0.15) is 5.10 Å². The molecule has 0 bridgehead atoms. The average molecular weight is 352 g/mol. The van der Waals surface area contributed by atoms with Crippen molar-refractivity contribution in [2.75, 3.05) is 5.43 Å². The number of benzene rings is 2. The Kier molecular flexibility index (Phi) is 4.25. The molecule has 0 unspecified atom stereocenters. The largest absolute Gasteiger partial charge is 0.301 e. The van der Waals surface area contributed by atoms with Crippen LogP contribution in [0.4, 0.5) is 17.1 Å². The van der Waals surface area contributed by atoms with Gasteiger partial charge in [-0.1, -0.05) is 44.2 Å². The van der Waals surface area contributed by atoms with Crippen LogP contribution in [0, 0.1) is 20.2 Å². The lowest BCUT2D eigenvalue weighted by Gasteiger charge is -2.30. The minimum atomic E-state index is -0.674. The SMILES string of the molecule is CC1(C)/C(=N/Nc2ccc([N+](=O)[O-])cc2[N+](=O)[O-])C=Cc2ccccc21. The van der Waals surface area contributed by atoms with Crippen LogP contribution in [0.5, 0.6) is 0 Å². The zero-order chi connectivity index (χ0) is 18.9. The lowest BCUT2D eigenvalue weighted by Crippen LogP contribution is -2.31. The molecular formula is C18H16N4O4. The molecule has 2 aromatic carbocycles. The van der Waals surface area contributed by atoms with E-state index in [2.05, 4.69) is 10.5 Å². The maximum absolute atomic E-state index is 11.2. The fourth-order valence-corrected chi connectivity index (χ4v) is 2.90. The third-order valence-electron chi connectivity index (χ3n) is 4.38. The summed E-state index contributed by atoms with van der Waals surface area (Å²) in [6.07, 6.45) is 3.79. The number of rotatable bonds is 4. The van der Waals surface area contributed by atoms with Crippen molar-refractivity contribution >= 4 is 28.8 Å². The van der Waals surface area contributed by atoms with Gasteiger partial charge in [0.25, 0.3) is 5.69 Å². The Hall–Kier alpha value is -3.55. The van der Waals surface area contributed by atoms with Gasteiger partial charge in [0.2, 0.25) is 0 Å². The van der Waals surface area contributed by atoms with Gasteiger partial charge in [-0.15, -0.1) is 0 Å². The van der Waals surface area contributed by atoms with Gasteiger partial charge in [0.05, 0.1) is 21.6 Å². The second-order valence-corrected chi connectivity index (χ2v) is 6.37. The van der Waals surface area contributed by atoms with Gasteiger partial charge >= 0.3 is 5.69 Å². The summed E-state index contributed by atoms with van der Waals surface area (Å²) in [7, 11) is 0. The Morgan fingerprint density at radius 1 is 1.00 bits per heavy atom. The Balaban J connectivity index is 1.96. The first kappa shape index (κ1) is 17.3. The van der Waals surface area contributed by atoms with Crippen molar-refractivity contribution in [1.29, 1.82) is 0 Å². The van der Waals surface area contributed by atoms with E-state index in [9.17, 15) is 20.2 Å². The van der Waals surface area contributed by atoms with Crippen molar-refractivity contribution in [1.82, 2.24) is 0 Å². The van der Waals surface area contributed by atoms with E-state index in [-0.39, 0.29) is 11.4 Å². The molecule has 0 saturated heterocycles. The van der Waals surface area contributed by atoms with Crippen LogP contribution in [0.1, 0.15) is 25.0 Å². The highest BCUT2D eigenvalue weighted by molar-refractivity contribution is 6.08. The van der Waals surface area contributed by atoms with Gasteiger partial charge in [0, 0.05) is 11.5 Å². The third-order valence-corrected chi connectivity index (χ3v) is 4.38. The predicted octanol–water partition coefficient (Wildman–Crippen LogP) is 4.28. The average Bonchev–Trinajstić information content (AvgIpc) is 2.61. The van der Waals surface area contributed by atoms with Gasteiger partial charge in [0.1, 0.15) is 5.69 Å². The minimum absolute atomic E-state index is 0.0937. The zero-order valence-electron chi connectivity index (χ0n) is 14.2. The number of hydrazone groups is 1. The van der Waals surface area contributed by atoms with Crippen LogP contribution in [-0.2, 0) is 5.41 Å². The van der Waals surface area contributed by atoms with Crippen LogP contribution in [0.3, 0.4) is 0 Å². The highest BCUT2D eigenvalue weighted by atomic mass is 16.6. The summed E-state index contributed by atoms with van der Waals surface area (Å²) < 4.78 is 0. The van der Waals surface area contributed by atoms with Crippen LogP contribution in [-0.4, -0.2) is 15.6 Å². The van der Waals surface area contributed by atoms with E-state index in [0.29, 0.717) is 5.71 Å². The van der Waals surface area contributed by atoms with Crippen LogP contribution in [0.2, 0.25) is 0 Å². The van der Waals surface area contributed by atoms with Gasteiger partial charge < -0.3 is 0 Å². The number of anilines is 1. The van der Waals surface area contributed by atoms with Crippen LogP contribution in [0.25, 0.3) is 6.08 Å². The van der Waals surface area contributed by atoms with E-state index in [4.69, 9.17) is 0 Å². The molecule has 2 aromatic rings. The molecule has 132 valence electrons. The van der Waals surface area contributed by atoms with Gasteiger partial charge in [0.15, 0.2) is 0 Å². The van der Waals surface area contributed by atoms with Crippen LogP contribution < -0.4 is 5.43 Å². The quantitative estimate of drug-likeness (QED) is 0.652. The van der Waals surface area contributed by atoms with Crippen molar-refractivity contribution in [2.24, 2.45) is 5.10 Å². The minimum Gasteiger partial charge on any atom is -0.271 e. The van der Waals surface area contributed by atoms with Crippen molar-refractivity contribution in [2.45, 2.75) is 19.3 Å². The topological polar surface area (TPSA) is 111 Å². The molecule has 0 radical (unpaired) electrons. The second-order valence-electron chi connectivity index (χ2n) is 6.37. The molecule has 8 nitrogen and oxygen atoms in total. The maximum Gasteiger partial charge on any atom is 0.301 e. The normalized spacial score (nSPS) is 16.2. The van der Waals surface area contributed by atoms with E-state index >= 15 is 0 Å². The number of hydrogen-bond donors (Lipinski definition) is 1. The van der Waals surface area contributed by atoms with E-state index < -0.39 is 20.9 Å². The number of allylic oxidation sites excluding steroid dienone is 1. The molecule has 1 aliphatic rings. The fourth-order valence-electron chi connectivity index (χ4n) is 2.90. The molecule has 0 saturated carbocycles. The predicted molar refractivity (Wildman–Crippen MR) is 99.3 cm³/mol. The summed E-state index contributed by atoms with van der Waals surface area (Å²) in [5.41, 5.74) is 4.53. The Morgan fingerprint density at radius 2 is 1.73 bits per heavy atom. The number of hydrogen-bond acceptors (Lipinski definition) is 6. The Morgan fingerprint density at radius 3 is 2.42 bits per heavy atom. The van der Waals surface area contributed by atoms with Crippen LogP contribution in [0.15, 0.2) is 53.6 Å². The highest BCUT2D eigenvalue weighted by Crippen LogP contribution is 2.34. The first-order valence-corrected chi connectivity index (χ1v) is 7.85. The molecule has 8 heteroatoms. The van der Waals surface area contributed by atoms with Crippen molar-refractivity contribution in [3.05, 3.63) is 79.9 Å². The van der Waals surface area contributed by atoms with Crippen LogP contribution >= 0.6 is 0 Å². The molecule has 0 aliphatic heterocycles. The smallest absolute Gasteiger partial charge is 0.271 e. The first-order chi connectivity index (χ1) is 12.3. The van der Waals surface area contributed by atoms with Gasteiger partial charge in [-0.3, -0.25) is 25.7 Å². The zero-order valence-corrected chi connectivity index (χ0v) is 14.2. The van der Waals surface area contributed by atoms with Crippen molar-refractivity contribution in [3.8, 4) is 0 Å². The number of nitrogens with one attached hydrogen (secondary N) is 1. The summed E-state index contributed by atoms with van der Waals surface area (Å²) in [5.74, 6) is 0. The lowest BCUT2D eigenvalue weighted by atomic mass is 9.74. The molecular weight excluding hydrogens is 336 g/mol. The van der Waals surface area contributed by atoms with Gasteiger partial charge in [-0.05, 0) is 23.3 Å². The van der Waals surface area contributed by atoms with E-state index in [1.165, 1.54) is 12.1 Å². The molecule has 0 spiro atoms. The first-order valence-electron chi connectivity index (χ1n) is 7.85. The van der Waals surface area contributed by atoms with E-state index in [1.54, 1.807) is 0 Å². The summed E-state index contributed by atoms with van der Waals surface area (Å²) in [6, 6.07) is 11.3. The van der Waals surface area contributed by atoms with Crippen molar-refractivity contribution < 1.29 is 9.85 Å². The molecule has 0 amide bonds. The van der Waals surface area contributed by atoms with E-state index in [0.717, 1.165) is 17.2 Å². The highest BCUT2D eigenvalue weighted by Gasteiger charge is 2.30. The molecule has 0 fully saturated rings. The standard InChI is InChI=1S/C18H16N4O4/c1-18(2)14-6-4-3-5-12(14)7-10-17(18)20-19-15-9-8-13(21(23)24)11-16(15)22(25)26/h3-11,19H,1-2H3/b20-17+. The number of nitrogens with zero attached hydrogens (tertiary/aromatic N) is 3. The lowest BCUT2D eigenvalue weighted by molar-refractivity contribution is -0.393. The summed E-state index contributed by atoms with van der Waals surface area (Å²) in [4.78, 5) is 20.7. The number of fused-ring (bicyclic) bond motifs is 1. The molecule has 1 aliphatic carbocycles. The molecule has 0 heterocycles. The molecule has 1 N–H and O–H groups in total. The molecule has 3 rings (SSSR count). The number of nitro benzene ring substituents is 2. The monoisotopic (exact) mass is 352 g/mol. The molecule has 26 heavy (non-hydrogen) atoms. The molecule has 0 aromatic heterocycles. The fraction of sp³-hybridized carbons (Fsp3) is 0.167. The van der Waals surface area contributed by atoms with Crippen molar-refractivity contribution in [3.63, 3.8) is 0 Å². The number of non-ortho nitro benzene ring substituents is 1. The summed E-state index contributed by atoms with van der Waals surface area (Å²) in [6.45, 7) is 4.03. The Bertz CT molecular complexity index is 963. The summed E-state index contributed by atoms with van der Waals surface area (Å²) >= 11 is 0.